The van der Waals surface area contributed by atoms with Crippen molar-refractivity contribution in [1.29, 1.82) is 0 Å². The van der Waals surface area contributed by atoms with E-state index in [0.717, 1.165) is 74.9 Å². The molecule has 209 valence electrons. The number of carbonyl (C=O) groups excluding carboxylic acids is 1. The number of rotatable bonds is 7. The van der Waals surface area contributed by atoms with Gasteiger partial charge in [0.1, 0.15) is 23.1 Å². The molecule has 3 aromatic heterocycles. The number of benzene rings is 3. The number of furan rings is 1. The van der Waals surface area contributed by atoms with Crippen LogP contribution in [0.2, 0.25) is 0 Å². The summed E-state index contributed by atoms with van der Waals surface area (Å²) in [5, 5.41) is 14.6. The van der Waals surface area contributed by atoms with Gasteiger partial charge in [0, 0.05) is 43.4 Å². The maximum absolute atomic E-state index is 11.7. The fraction of sp³-hybridized carbons (Fsp3) is 0.303. The number of aromatic nitrogens is 2. The molecule has 40 heavy (non-hydrogen) atoms. The number of carbonyl (C=O) groups is 1. The van der Waals surface area contributed by atoms with Crippen LogP contribution in [0.25, 0.3) is 54.8 Å². The molecule has 0 atom stereocenters. The summed E-state index contributed by atoms with van der Waals surface area (Å²) in [4.78, 5) is 20.3. The predicted molar refractivity (Wildman–Crippen MR) is 157 cm³/mol. The maximum Gasteiger partial charge on any atom is 0.162 e. The average molecular weight is 714 g/mol. The van der Waals surface area contributed by atoms with Crippen LogP contribution in [-0.4, -0.2) is 20.9 Å². The fourth-order valence-corrected chi connectivity index (χ4v) is 5.27. The first-order chi connectivity index (χ1) is 19.0. The number of nitrogens with zero attached hydrogens (tertiary/aromatic N) is 2. The monoisotopic (exact) mass is 714 g/mol. The third kappa shape index (κ3) is 5.41. The molecule has 0 aliphatic rings. The smallest absolute Gasteiger partial charge is 0.162 e. The van der Waals surface area contributed by atoms with E-state index in [0.29, 0.717) is 5.58 Å². The quantitative estimate of drug-likeness (QED) is 0.101. The number of hydrogen-bond acceptors (Lipinski definition) is 6. The summed E-state index contributed by atoms with van der Waals surface area (Å²) in [6.07, 6.45) is 8.13. The number of hydrogen-bond donors (Lipinski definition) is 1. The van der Waals surface area contributed by atoms with Gasteiger partial charge in [-0.2, -0.15) is 0 Å². The van der Waals surface area contributed by atoms with Crippen molar-refractivity contribution in [2.24, 2.45) is 11.8 Å². The molecular weight excluding hydrogens is 681 g/mol. The Labute approximate surface area is 246 Å². The number of aliphatic hydroxyl groups excluding tert-OH is 1. The summed E-state index contributed by atoms with van der Waals surface area (Å²) < 4.78 is 12.3. The Balaban J connectivity index is 0.000000204. The largest absolute Gasteiger partial charge is 0.512 e. The third-order valence-corrected chi connectivity index (χ3v) is 7.58. The maximum atomic E-state index is 11.7. The molecule has 0 aliphatic heterocycles. The number of aliphatic hydroxyl groups is 1. The fourth-order valence-electron chi connectivity index (χ4n) is 5.27. The molecule has 0 aliphatic carbocycles. The molecule has 0 unspecified atom stereocenters. The third-order valence-electron chi connectivity index (χ3n) is 7.58. The van der Waals surface area contributed by atoms with Crippen LogP contribution in [0.5, 0.6) is 0 Å². The van der Waals surface area contributed by atoms with Gasteiger partial charge in [0.05, 0.1) is 23.1 Å². The van der Waals surface area contributed by atoms with Gasteiger partial charge in [-0.15, -0.1) is 17.5 Å². The molecule has 0 saturated heterocycles. The first kappa shape index (κ1) is 29.4. The number of ketones is 1. The molecule has 6 nitrogen and oxygen atoms in total. The van der Waals surface area contributed by atoms with Gasteiger partial charge in [-0.25, -0.2) is 4.98 Å². The summed E-state index contributed by atoms with van der Waals surface area (Å²) in [5.41, 5.74) is 3.77. The topological polar surface area (TPSA) is 89.4 Å². The molecule has 0 amide bonds. The van der Waals surface area contributed by atoms with Crippen molar-refractivity contribution in [1.82, 2.24) is 9.97 Å². The van der Waals surface area contributed by atoms with Crippen LogP contribution in [0.15, 0.2) is 75.7 Å². The van der Waals surface area contributed by atoms with Gasteiger partial charge in [-0.05, 0) is 48.6 Å². The molecule has 1 radical (unpaired) electrons. The van der Waals surface area contributed by atoms with Crippen molar-refractivity contribution < 1.29 is 38.8 Å². The van der Waals surface area contributed by atoms with Crippen LogP contribution in [0.1, 0.15) is 53.4 Å². The van der Waals surface area contributed by atoms with E-state index in [9.17, 15) is 9.90 Å². The van der Waals surface area contributed by atoms with Crippen molar-refractivity contribution in [3.8, 4) is 0 Å². The van der Waals surface area contributed by atoms with Gasteiger partial charge in [0.2, 0.25) is 0 Å². The minimum absolute atomic E-state index is 0. The van der Waals surface area contributed by atoms with E-state index in [1.807, 2.05) is 64.1 Å². The number of fused-ring (bicyclic) bond motifs is 4. The molecule has 0 saturated carbocycles. The summed E-state index contributed by atoms with van der Waals surface area (Å²) in [7, 11) is 0. The molecule has 6 aromatic rings. The molecule has 0 bridgehead atoms. The Morgan fingerprint density at radius 1 is 0.900 bits per heavy atom. The Bertz CT molecular complexity index is 1810. The van der Waals surface area contributed by atoms with Crippen LogP contribution >= 0.6 is 0 Å². The van der Waals surface area contributed by atoms with E-state index in [-0.39, 0.29) is 43.5 Å². The van der Waals surface area contributed by atoms with Crippen molar-refractivity contribution in [3.05, 3.63) is 72.9 Å². The minimum Gasteiger partial charge on any atom is -0.512 e. The zero-order valence-corrected chi connectivity index (χ0v) is 25.6. The number of allylic oxidation sites excluding steroid dienone is 2. The van der Waals surface area contributed by atoms with Crippen LogP contribution in [0.3, 0.4) is 0 Å². The van der Waals surface area contributed by atoms with E-state index < -0.39 is 0 Å². The molecule has 3 aromatic carbocycles. The summed E-state index contributed by atoms with van der Waals surface area (Å²) in [6, 6.07) is 17.4. The normalized spacial score (nSPS) is 12.0. The van der Waals surface area contributed by atoms with Crippen molar-refractivity contribution in [2.75, 3.05) is 0 Å². The SMILES string of the molecule is CCC(CC)C(=O)/C=C(\O)C(CC)CC.[Ir].[c-]1c2ccccc2c2oc3cccc4oc5cncnc5c1c2c43. The molecular formula is C33H33IrN2O4-. The van der Waals surface area contributed by atoms with E-state index in [2.05, 4.69) is 22.1 Å². The van der Waals surface area contributed by atoms with Crippen LogP contribution < -0.4 is 0 Å². The van der Waals surface area contributed by atoms with Crippen molar-refractivity contribution >= 4 is 60.6 Å². The van der Waals surface area contributed by atoms with Crippen molar-refractivity contribution in [3.63, 3.8) is 0 Å². The second kappa shape index (κ2) is 12.8. The summed E-state index contributed by atoms with van der Waals surface area (Å²) in [5.74, 6) is 0.547. The summed E-state index contributed by atoms with van der Waals surface area (Å²) in [6.45, 7) is 8.07. The Morgan fingerprint density at radius 3 is 2.27 bits per heavy atom. The van der Waals surface area contributed by atoms with Gasteiger partial charge < -0.3 is 13.9 Å². The van der Waals surface area contributed by atoms with Gasteiger partial charge in [0.25, 0.3) is 0 Å². The van der Waals surface area contributed by atoms with Crippen LogP contribution in [0, 0.1) is 17.9 Å². The Hall–Kier alpha value is -3.54. The van der Waals surface area contributed by atoms with E-state index in [4.69, 9.17) is 8.83 Å². The molecule has 0 spiro atoms. The van der Waals surface area contributed by atoms with Gasteiger partial charge >= 0.3 is 0 Å². The van der Waals surface area contributed by atoms with E-state index in [1.165, 1.54) is 12.4 Å². The first-order valence-corrected chi connectivity index (χ1v) is 13.7. The zero-order valence-electron chi connectivity index (χ0n) is 23.2. The average Bonchev–Trinajstić information content (AvgIpc) is 3.29. The predicted octanol–water partition coefficient (Wildman–Crippen LogP) is 9.10. The summed E-state index contributed by atoms with van der Waals surface area (Å²) >= 11 is 0. The molecule has 7 heteroatoms. The van der Waals surface area contributed by atoms with Gasteiger partial charge in [-0.1, -0.05) is 57.3 Å². The van der Waals surface area contributed by atoms with Crippen molar-refractivity contribution in [2.45, 2.75) is 53.4 Å². The zero-order chi connectivity index (χ0) is 27.5. The molecule has 3 heterocycles. The molecule has 1 N–H and O–H groups in total. The van der Waals surface area contributed by atoms with Crippen LogP contribution in [-0.2, 0) is 24.9 Å². The standard InChI is InChI=1S/C20H9N2O2.C13H24O2.Ir/c1-2-5-12-11(4-1)8-13-17-18-14(6-3-7-15(18)24-20(12)17)23-16-9-21-10-22-19(13)16;1-5-10(6-2)12(14)9-13(15)11(7-3)8-4;/h1-7,9-10H;9-11,14H,5-8H2,1-4H3;/q-1;;/b;12-9-;. The van der Waals surface area contributed by atoms with Crippen LogP contribution in [0.4, 0.5) is 0 Å². The van der Waals surface area contributed by atoms with Gasteiger partial charge in [0.15, 0.2) is 5.78 Å². The van der Waals surface area contributed by atoms with Gasteiger partial charge in [-0.3, -0.25) is 9.78 Å². The minimum atomic E-state index is 0. The Morgan fingerprint density at radius 2 is 1.57 bits per heavy atom. The second-order valence-electron chi connectivity index (χ2n) is 9.82. The Kier molecular flexibility index (Phi) is 9.39. The van der Waals surface area contributed by atoms with E-state index >= 15 is 0 Å². The molecule has 0 fully saturated rings. The first-order valence-electron chi connectivity index (χ1n) is 13.7. The molecule has 6 rings (SSSR count). The van der Waals surface area contributed by atoms with E-state index in [1.54, 1.807) is 6.20 Å². The second-order valence-corrected chi connectivity index (χ2v) is 9.82.